The quantitative estimate of drug-likeness (QED) is 0.828. The van der Waals surface area contributed by atoms with Crippen LogP contribution in [0.2, 0.25) is 0 Å². The standard InChI is InChI=1S/C8H6BrN3O/c9-6-3-1-5(2-4-6)7-11-8(10)13-12-7/h1-4H,(H2,10,11,12). The molecule has 0 atom stereocenters. The number of hydrogen-bond donors (Lipinski definition) is 1. The molecule has 0 spiro atoms. The molecule has 0 bridgehead atoms. The minimum atomic E-state index is 0.0814. The van der Waals surface area contributed by atoms with Crippen LogP contribution in [-0.4, -0.2) is 10.1 Å². The Kier molecular flexibility index (Phi) is 2.02. The van der Waals surface area contributed by atoms with Crippen molar-refractivity contribution in [2.75, 3.05) is 5.73 Å². The Bertz CT molecular complexity index is 410. The molecule has 0 unspecified atom stereocenters. The highest BCUT2D eigenvalue weighted by molar-refractivity contribution is 9.10. The number of anilines is 1. The molecule has 0 fully saturated rings. The van der Waals surface area contributed by atoms with E-state index in [2.05, 4.69) is 30.6 Å². The van der Waals surface area contributed by atoms with Gasteiger partial charge in [0.25, 0.3) is 0 Å². The van der Waals surface area contributed by atoms with E-state index in [9.17, 15) is 0 Å². The summed E-state index contributed by atoms with van der Waals surface area (Å²) in [5, 5.41) is 3.69. The Hall–Kier alpha value is -1.36. The monoisotopic (exact) mass is 239 g/mol. The summed E-state index contributed by atoms with van der Waals surface area (Å²) in [7, 11) is 0. The molecule has 0 aliphatic carbocycles. The third kappa shape index (κ3) is 1.70. The van der Waals surface area contributed by atoms with Gasteiger partial charge in [-0.1, -0.05) is 21.1 Å². The highest BCUT2D eigenvalue weighted by atomic mass is 79.9. The first-order chi connectivity index (χ1) is 6.25. The molecule has 0 aliphatic heterocycles. The normalized spacial score (nSPS) is 10.2. The van der Waals surface area contributed by atoms with E-state index in [-0.39, 0.29) is 6.01 Å². The van der Waals surface area contributed by atoms with Gasteiger partial charge in [-0.05, 0) is 24.3 Å². The number of aromatic nitrogens is 2. The van der Waals surface area contributed by atoms with Crippen LogP contribution in [0, 0.1) is 0 Å². The minimum absolute atomic E-state index is 0.0814. The fourth-order valence-corrected chi connectivity index (χ4v) is 1.22. The molecule has 1 aromatic carbocycles. The average Bonchev–Trinajstić information content (AvgIpc) is 2.53. The number of nitrogens with zero attached hydrogens (tertiary/aromatic N) is 2. The zero-order chi connectivity index (χ0) is 9.26. The maximum atomic E-state index is 5.30. The van der Waals surface area contributed by atoms with E-state index in [0.717, 1.165) is 10.0 Å². The van der Waals surface area contributed by atoms with E-state index in [1.54, 1.807) is 0 Å². The van der Waals surface area contributed by atoms with Gasteiger partial charge in [0.1, 0.15) is 0 Å². The Morgan fingerprint density at radius 3 is 2.46 bits per heavy atom. The molecule has 5 heteroatoms. The number of hydrogen-bond acceptors (Lipinski definition) is 4. The summed E-state index contributed by atoms with van der Waals surface area (Å²) in [5.74, 6) is 0.505. The second kappa shape index (κ2) is 3.18. The summed E-state index contributed by atoms with van der Waals surface area (Å²) in [6.45, 7) is 0. The van der Waals surface area contributed by atoms with Crippen LogP contribution in [0.25, 0.3) is 11.4 Å². The lowest BCUT2D eigenvalue weighted by atomic mass is 10.2. The average molecular weight is 240 g/mol. The summed E-state index contributed by atoms with van der Waals surface area (Å²) in [6, 6.07) is 7.66. The van der Waals surface area contributed by atoms with Crippen molar-refractivity contribution in [3.8, 4) is 11.4 Å². The molecule has 0 saturated carbocycles. The van der Waals surface area contributed by atoms with Crippen LogP contribution in [0.3, 0.4) is 0 Å². The van der Waals surface area contributed by atoms with Crippen LogP contribution in [0.4, 0.5) is 6.01 Å². The van der Waals surface area contributed by atoms with Crippen LogP contribution in [0.15, 0.2) is 33.3 Å². The van der Waals surface area contributed by atoms with Gasteiger partial charge in [-0.3, -0.25) is 0 Å². The van der Waals surface area contributed by atoms with Gasteiger partial charge in [0.2, 0.25) is 5.82 Å². The Morgan fingerprint density at radius 1 is 1.23 bits per heavy atom. The Balaban J connectivity index is 2.41. The van der Waals surface area contributed by atoms with E-state index in [1.807, 2.05) is 24.3 Å². The van der Waals surface area contributed by atoms with E-state index in [4.69, 9.17) is 5.73 Å². The molecule has 0 amide bonds. The smallest absolute Gasteiger partial charge is 0.319 e. The van der Waals surface area contributed by atoms with Crippen molar-refractivity contribution in [2.24, 2.45) is 0 Å². The lowest BCUT2D eigenvalue weighted by Crippen LogP contribution is -1.83. The number of benzene rings is 1. The molecule has 0 radical (unpaired) electrons. The number of nitrogen functional groups attached to an aromatic ring is 1. The van der Waals surface area contributed by atoms with E-state index in [1.165, 1.54) is 0 Å². The summed E-state index contributed by atoms with van der Waals surface area (Å²) in [6.07, 6.45) is 0. The third-order valence-corrected chi connectivity index (χ3v) is 2.07. The molecule has 2 N–H and O–H groups in total. The van der Waals surface area contributed by atoms with Crippen LogP contribution < -0.4 is 5.73 Å². The predicted octanol–water partition coefficient (Wildman–Crippen LogP) is 2.08. The third-order valence-electron chi connectivity index (χ3n) is 1.54. The van der Waals surface area contributed by atoms with Gasteiger partial charge in [0.15, 0.2) is 0 Å². The molecular formula is C8H6BrN3O. The topological polar surface area (TPSA) is 64.9 Å². The van der Waals surface area contributed by atoms with Gasteiger partial charge in [-0.15, -0.1) is 0 Å². The lowest BCUT2D eigenvalue weighted by molar-refractivity contribution is 0.437. The highest BCUT2D eigenvalue weighted by Crippen LogP contribution is 2.19. The Morgan fingerprint density at radius 2 is 1.92 bits per heavy atom. The van der Waals surface area contributed by atoms with Gasteiger partial charge >= 0.3 is 6.01 Å². The number of nitrogens with two attached hydrogens (primary N) is 1. The minimum Gasteiger partial charge on any atom is -0.351 e. The summed E-state index contributed by atoms with van der Waals surface area (Å²) in [5.41, 5.74) is 6.17. The largest absolute Gasteiger partial charge is 0.351 e. The van der Waals surface area contributed by atoms with Crippen molar-refractivity contribution in [3.05, 3.63) is 28.7 Å². The van der Waals surface area contributed by atoms with Crippen molar-refractivity contribution in [2.45, 2.75) is 0 Å². The molecule has 0 saturated heterocycles. The first-order valence-corrected chi connectivity index (χ1v) is 4.40. The molecule has 13 heavy (non-hydrogen) atoms. The Labute approximate surface area is 82.9 Å². The molecule has 2 aromatic rings. The van der Waals surface area contributed by atoms with E-state index < -0.39 is 0 Å². The van der Waals surface area contributed by atoms with Crippen molar-refractivity contribution >= 4 is 21.9 Å². The second-order valence-electron chi connectivity index (χ2n) is 2.46. The van der Waals surface area contributed by atoms with Crippen molar-refractivity contribution in [1.82, 2.24) is 10.1 Å². The van der Waals surface area contributed by atoms with Crippen molar-refractivity contribution < 1.29 is 4.52 Å². The molecule has 66 valence electrons. The summed E-state index contributed by atoms with van der Waals surface area (Å²) < 4.78 is 5.66. The zero-order valence-corrected chi connectivity index (χ0v) is 8.15. The van der Waals surface area contributed by atoms with Gasteiger partial charge in [-0.25, -0.2) is 0 Å². The van der Waals surface area contributed by atoms with Crippen LogP contribution in [0.1, 0.15) is 0 Å². The maximum absolute atomic E-state index is 5.30. The van der Waals surface area contributed by atoms with Gasteiger partial charge in [0, 0.05) is 10.0 Å². The first kappa shape index (κ1) is 8.25. The predicted molar refractivity (Wildman–Crippen MR) is 51.8 cm³/mol. The number of rotatable bonds is 1. The van der Waals surface area contributed by atoms with E-state index >= 15 is 0 Å². The van der Waals surface area contributed by atoms with Crippen LogP contribution in [0.5, 0.6) is 0 Å². The second-order valence-corrected chi connectivity index (χ2v) is 3.38. The van der Waals surface area contributed by atoms with Crippen LogP contribution in [-0.2, 0) is 0 Å². The molecule has 2 rings (SSSR count). The van der Waals surface area contributed by atoms with E-state index in [0.29, 0.717) is 5.82 Å². The molecule has 1 heterocycles. The first-order valence-electron chi connectivity index (χ1n) is 3.61. The zero-order valence-electron chi connectivity index (χ0n) is 6.57. The van der Waals surface area contributed by atoms with Gasteiger partial charge in [-0.2, -0.15) is 4.98 Å². The van der Waals surface area contributed by atoms with Gasteiger partial charge < -0.3 is 10.3 Å². The lowest BCUT2D eigenvalue weighted by Gasteiger charge is -1.92. The summed E-state index contributed by atoms with van der Waals surface area (Å²) in [4.78, 5) is 3.90. The molecule has 0 aliphatic rings. The fourth-order valence-electron chi connectivity index (χ4n) is 0.951. The highest BCUT2D eigenvalue weighted by Gasteiger charge is 2.04. The van der Waals surface area contributed by atoms with Crippen molar-refractivity contribution in [1.29, 1.82) is 0 Å². The molecule has 1 aromatic heterocycles. The maximum Gasteiger partial charge on any atom is 0.319 e. The van der Waals surface area contributed by atoms with Crippen molar-refractivity contribution in [3.63, 3.8) is 0 Å². The molecular weight excluding hydrogens is 234 g/mol. The SMILES string of the molecule is Nc1nc(-c2ccc(Br)cc2)no1. The van der Waals surface area contributed by atoms with Crippen LogP contribution >= 0.6 is 15.9 Å². The number of halogens is 1. The molecule has 4 nitrogen and oxygen atoms in total. The van der Waals surface area contributed by atoms with Gasteiger partial charge in [0.05, 0.1) is 0 Å². The summed E-state index contributed by atoms with van der Waals surface area (Å²) >= 11 is 3.33. The fraction of sp³-hybridized carbons (Fsp3) is 0.